The van der Waals surface area contributed by atoms with Gasteiger partial charge in [0.05, 0.1) is 5.54 Å². The molecule has 0 radical (unpaired) electrons. The number of likely N-dealkylation sites (N-methyl/N-ethyl adjacent to an activating group) is 1. The lowest BCUT2D eigenvalue weighted by Gasteiger charge is -2.39. The molecule has 3 nitrogen and oxygen atoms in total. The van der Waals surface area contributed by atoms with Crippen molar-refractivity contribution in [2.24, 2.45) is 5.92 Å². The van der Waals surface area contributed by atoms with E-state index in [4.69, 9.17) is 0 Å². The number of rotatable bonds is 2. The summed E-state index contributed by atoms with van der Waals surface area (Å²) < 4.78 is 0. The molecule has 0 aromatic carbocycles. The fourth-order valence-electron chi connectivity index (χ4n) is 2.29. The van der Waals surface area contributed by atoms with Crippen LogP contribution < -0.4 is 5.32 Å². The SMILES string of the molecule is CN(C(=O)C1CCC1)C1(C)CCNC1. The number of nitrogens with zero attached hydrogens (tertiary/aromatic N) is 1. The van der Waals surface area contributed by atoms with Gasteiger partial charge in [0.25, 0.3) is 0 Å². The zero-order chi connectivity index (χ0) is 10.2. The van der Waals surface area contributed by atoms with Crippen molar-refractivity contribution in [2.45, 2.75) is 38.1 Å². The average Bonchev–Trinajstić information content (AvgIpc) is 2.49. The van der Waals surface area contributed by atoms with Crippen LogP contribution in [-0.4, -0.2) is 36.5 Å². The van der Waals surface area contributed by atoms with E-state index in [0.29, 0.717) is 11.8 Å². The van der Waals surface area contributed by atoms with Crippen LogP contribution in [0.5, 0.6) is 0 Å². The van der Waals surface area contributed by atoms with Gasteiger partial charge in [0, 0.05) is 19.5 Å². The van der Waals surface area contributed by atoms with Gasteiger partial charge in [0.1, 0.15) is 0 Å². The highest BCUT2D eigenvalue weighted by molar-refractivity contribution is 5.80. The Kier molecular flexibility index (Phi) is 2.52. The van der Waals surface area contributed by atoms with Gasteiger partial charge in [0.15, 0.2) is 0 Å². The first-order valence-electron chi connectivity index (χ1n) is 5.62. The Morgan fingerprint density at radius 1 is 1.50 bits per heavy atom. The number of hydrogen-bond donors (Lipinski definition) is 1. The summed E-state index contributed by atoms with van der Waals surface area (Å²) in [6.45, 7) is 4.17. The summed E-state index contributed by atoms with van der Waals surface area (Å²) in [4.78, 5) is 14.0. The summed E-state index contributed by atoms with van der Waals surface area (Å²) in [6.07, 6.45) is 4.53. The van der Waals surface area contributed by atoms with Crippen LogP contribution in [0.3, 0.4) is 0 Å². The minimum atomic E-state index is 0.0622. The molecule has 1 amide bonds. The zero-order valence-electron chi connectivity index (χ0n) is 9.18. The van der Waals surface area contributed by atoms with E-state index in [0.717, 1.165) is 32.4 Å². The van der Waals surface area contributed by atoms with Crippen molar-refractivity contribution in [1.29, 1.82) is 0 Å². The van der Waals surface area contributed by atoms with Crippen LogP contribution in [0.2, 0.25) is 0 Å². The number of carbonyl (C=O) groups is 1. The highest BCUT2D eigenvalue weighted by Gasteiger charge is 2.39. The van der Waals surface area contributed by atoms with Crippen LogP contribution in [0.15, 0.2) is 0 Å². The first kappa shape index (κ1) is 9.97. The van der Waals surface area contributed by atoms with E-state index in [1.807, 2.05) is 11.9 Å². The fourth-order valence-corrected chi connectivity index (χ4v) is 2.29. The maximum atomic E-state index is 12.0. The van der Waals surface area contributed by atoms with Gasteiger partial charge in [-0.15, -0.1) is 0 Å². The van der Waals surface area contributed by atoms with E-state index >= 15 is 0 Å². The summed E-state index contributed by atoms with van der Waals surface area (Å²) in [6, 6.07) is 0. The van der Waals surface area contributed by atoms with E-state index in [1.54, 1.807) is 0 Å². The predicted octanol–water partition coefficient (Wildman–Crippen LogP) is 0.997. The Morgan fingerprint density at radius 3 is 2.64 bits per heavy atom. The predicted molar refractivity (Wildman–Crippen MR) is 56.0 cm³/mol. The monoisotopic (exact) mass is 196 g/mol. The second-order valence-electron chi connectivity index (χ2n) is 4.95. The molecule has 1 aliphatic heterocycles. The topological polar surface area (TPSA) is 32.3 Å². The van der Waals surface area contributed by atoms with Crippen LogP contribution in [0.1, 0.15) is 32.6 Å². The highest BCUT2D eigenvalue weighted by Crippen LogP contribution is 2.31. The third-order valence-electron chi connectivity index (χ3n) is 3.94. The van der Waals surface area contributed by atoms with Crippen molar-refractivity contribution in [3.05, 3.63) is 0 Å². The van der Waals surface area contributed by atoms with Crippen molar-refractivity contribution in [3.63, 3.8) is 0 Å². The molecule has 1 aliphatic carbocycles. The van der Waals surface area contributed by atoms with E-state index in [2.05, 4.69) is 12.2 Å². The maximum Gasteiger partial charge on any atom is 0.225 e. The van der Waals surface area contributed by atoms with Gasteiger partial charge in [0.2, 0.25) is 5.91 Å². The largest absolute Gasteiger partial charge is 0.339 e. The Hall–Kier alpha value is -0.570. The van der Waals surface area contributed by atoms with E-state index in [-0.39, 0.29) is 5.54 Å². The smallest absolute Gasteiger partial charge is 0.225 e. The molecular formula is C11H20N2O. The van der Waals surface area contributed by atoms with E-state index in [1.165, 1.54) is 6.42 Å². The fraction of sp³-hybridized carbons (Fsp3) is 0.909. The normalized spacial score (nSPS) is 32.7. The molecule has 1 N–H and O–H groups in total. The first-order valence-corrected chi connectivity index (χ1v) is 5.62. The molecule has 80 valence electrons. The van der Waals surface area contributed by atoms with Crippen molar-refractivity contribution in [1.82, 2.24) is 10.2 Å². The molecule has 1 heterocycles. The maximum absolute atomic E-state index is 12.0. The number of hydrogen-bond acceptors (Lipinski definition) is 2. The third-order valence-corrected chi connectivity index (χ3v) is 3.94. The Morgan fingerprint density at radius 2 is 2.21 bits per heavy atom. The molecule has 2 fully saturated rings. The van der Waals surface area contributed by atoms with Gasteiger partial charge in [-0.2, -0.15) is 0 Å². The summed E-state index contributed by atoms with van der Waals surface area (Å²) in [5.41, 5.74) is 0.0622. The molecule has 0 aromatic heterocycles. The Balaban J connectivity index is 1.98. The van der Waals surface area contributed by atoms with Crippen LogP contribution in [0.4, 0.5) is 0 Å². The molecule has 3 heteroatoms. The van der Waals surface area contributed by atoms with Gasteiger partial charge in [-0.1, -0.05) is 6.42 Å². The van der Waals surface area contributed by atoms with E-state index < -0.39 is 0 Å². The Labute approximate surface area is 85.8 Å². The quantitative estimate of drug-likeness (QED) is 0.714. The lowest BCUT2D eigenvalue weighted by molar-refractivity contribution is -0.141. The van der Waals surface area contributed by atoms with Crippen LogP contribution in [0, 0.1) is 5.92 Å². The molecule has 1 saturated heterocycles. The van der Waals surface area contributed by atoms with Crippen molar-refractivity contribution in [2.75, 3.05) is 20.1 Å². The van der Waals surface area contributed by atoms with Crippen LogP contribution >= 0.6 is 0 Å². The van der Waals surface area contributed by atoms with Crippen molar-refractivity contribution >= 4 is 5.91 Å². The number of carbonyl (C=O) groups excluding carboxylic acids is 1. The molecule has 1 unspecified atom stereocenters. The molecule has 2 aliphatic rings. The minimum Gasteiger partial charge on any atom is -0.339 e. The molecule has 1 atom stereocenters. The molecule has 2 rings (SSSR count). The molecule has 1 saturated carbocycles. The lowest BCUT2D eigenvalue weighted by Crippen LogP contribution is -2.51. The summed E-state index contributed by atoms with van der Waals surface area (Å²) in [5.74, 6) is 0.694. The molecule has 0 bridgehead atoms. The van der Waals surface area contributed by atoms with E-state index in [9.17, 15) is 4.79 Å². The molecule has 14 heavy (non-hydrogen) atoms. The van der Waals surface area contributed by atoms with Gasteiger partial charge in [-0.25, -0.2) is 0 Å². The van der Waals surface area contributed by atoms with Gasteiger partial charge in [-0.05, 0) is 32.7 Å². The second kappa shape index (κ2) is 3.54. The van der Waals surface area contributed by atoms with Gasteiger partial charge < -0.3 is 10.2 Å². The minimum absolute atomic E-state index is 0.0622. The van der Waals surface area contributed by atoms with Gasteiger partial charge >= 0.3 is 0 Å². The van der Waals surface area contributed by atoms with Crippen molar-refractivity contribution in [3.8, 4) is 0 Å². The summed E-state index contributed by atoms with van der Waals surface area (Å²) in [5, 5.41) is 3.33. The summed E-state index contributed by atoms with van der Waals surface area (Å²) >= 11 is 0. The highest BCUT2D eigenvalue weighted by atomic mass is 16.2. The average molecular weight is 196 g/mol. The molecule has 0 spiro atoms. The number of amides is 1. The third kappa shape index (κ3) is 1.54. The zero-order valence-corrected chi connectivity index (χ0v) is 9.18. The lowest BCUT2D eigenvalue weighted by atomic mass is 9.83. The second-order valence-corrected chi connectivity index (χ2v) is 4.95. The van der Waals surface area contributed by atoms with Crippen LogP contribution in [0.25, 0.3) is 0 Å². The molecule has 0 aromatic rings. The van der Waals surface area contributed by atoms with Gasteiger partial charge in [-0.3, -0.25) is 4.79 Å². The standard InChI is InChI=1S/C11H20N2O/c1-11(6-7-12-8-11)13(2)10(14)9-4-3-5-9/h9,12H,3-8H2,1-2H3. The number of nitrogens with one attached hydrogen (secondary N) is 1. The van der Waals surface area contributed by atoms with Crippen LogP contribution in [-0.2, 0) is 4.79 Å². The summed E-state index contributed by atoms with van der Waals surface area (Å²) in [7, 11) is 1.97. The van der Waals surface area contributed by atoms with Crippen molar-refractivity contribution < 1.29 is 4.79 Å². The first-order chi connectivity index (χ1) is 6.63. The Bertz CT molecular complexity index is 229. The molecular weight excluding hydrogens is 176 g/mol.